The maximum Gasteiger partial charge on any atom is 0.0410 e. The van der Waals surface area contributed by atoms with E-state index >= 15 is 0 Å². The van der Waals surface area contributed by atoms with Crippen molar-refractivity contribution in [2.45, 2.75) is 52.6 Å². The first-order chi connectivity index (χ1) is 9.04. The van der Waals surface area contributed by atoms with Crippen LogP contribution in [0.25, 0.3) is 0 Å². The Hall–Kier alpha value is -0.540. The lowest BCUT2D eigenvalue weighted by atomic mass is 10.1. The first kappa shape index (κ1) is 16.5. The largest absolute Gasteiger partial charge is 0.374 e. The number of nitrogens with zero attached hydrogens (tertiary/aromatic N) is 1. The van der Waals surface area contributed by atoms with Crippen LogP contribution < -0.4 is 10.2 Å². The summed E-state index contributed by atoms with van der Waals surface area (Å²) in [5.41, 5.74) is 2.70. The van der Waals surface area contributed by atoms with Gasteiger partial charge in [0.15, 0.2) is 0 Å². The molecule has 0 radical (unpaired) electrons. The Labute approximate surface area is 126 Å². The van der Waals surface area contributed by atoms with Crippen molar-refractivity contribution in [1.82, 2.24) is 5.32 Å². The van der Waals surface area contributed by atoms with Crippen LogP contribution in [-0.2, 0) is 6.54 Å². The van der Waals surface area contributed by atoms with E-state index in [0.29, 0.717) is 6.04 Å². The van der Waals surface area contributed by atoms with Crippen molar-refractivity contribution in [3.05, 3.63) is 28.2 Å². The Morgan fingerprint density at radius 3 is 2.63 bits per heavy atom. The van der Waals surface area contributed by atoms with Crippen molar-refractivity contribution in [3.63, 3.8) is 0 Å². The summed E-state index contributed by atoms with van der Waals surface area (Å²) in [6.45, 7) is 8.66. The number of nitrogens with one attached hydrogen (secondary N) is 1. The van der Waals surface area contributed by atoms with Gasteiger partial charge in [0.2, 0.25) is 0 Å². The van der Waals surface area contributed by atoms with Gasteiger partial charge in [-0.05, 0) is 30.2 Å². The van der Waals surface area contributed by atoms with E-state index in [9.17, 15) is 0 Å². The SMILES string of the molecule is CCCCCN(C)c1ccc(Br)cc1CNC(C)C. The van der Waals surface area contributed by atoms with Gasteiger partial charge < -0.3 is 10.2 Å². The molecule has 0 saturated carbocycles. The molecule has 0 spiro atoms. The van der Waals surface area contributed by atoms with Crippen molar-refractivity contribution in [1.29, 1.82) is 0 Å². The van der Waals surface area contributed by atoms with Gasteiger partial charge in [-0.1, -0.05) is 49.5 Å². The molecule has 1 aromatic rings. The number of halogens is 1. The van der Waals surface area contributed by atoms with Gasteiger partial charge in [0.05, 0.1) is 0 Å². The molecule has 0 amide bonds. The van der Waals surface area contributed by atoms with Crippen LogP contribution in [0.3, 0.4) is 0 Å². The molecule has 1 N–H and O–H groups in total. The van der Waals surface area contributed by atoms with Gasteiger partial charge >= 0.3 is 0 Å². The summed E-state index contributed by atoms with van der Waals surface area (Å²) >= 11 is 3.57. The Morgan fingerprint density at radius 1 is 1.26 bits per heavy atom. The van der Waals surface area contributed by atoms with Gasteiger partial charge in [-0.3, -0.25) is 0 Å². The van der Waals surface area contributed by atoms with Gasteiger partial charge in [-0.15, -0.1) is 0 Å². The highest BCUT2D eigenvalue weighted by molar-refractivity contribution is 9.10. The van der Waals surface area contributed by atoms with Gasteiger partial charge in [0.1, 0.15) is 0 Å². The van der Waals surface area contributed by atoms with Gasteiger partial charge in [0, 0.05) is 36.3 Å². The number of benzene rings is 1. The van der Waals surface area contributed by atoms with Crippen molar-refractivity contribution < 1.29 is 0 Å². The lowest BCUT2D eigenvalue weighted by molar-refractivity contribution is 0.587. The zero-order chi connectivity index (χ0) is 14.3. The fourth-order valence-corrected chi connectivity index (χ4v) is 2.51. The zero-order valence-corrected chi connectivity index (χ0v) is 14.3. The van der Waals surface area contributed by atoms with Crippen LogP contribution in [0.2, 0.25) is 0 Å². The second kappa shape index (κ2) is 8.60. The van der Waals surface area contributed by atoms with E-state index in [1.165, 1.54) is 30.5 Å². The molecule has 3 heteroatoms. The molecule has 0 heterocycles. The van der Waals surface area contributed by atoms with Crippen molar-refractivity contribution in [3.8, 4) is 0 Å². The maximum absolute atomic E-state index is 3.57. The molecule has 2 nitrogen and oxygen atoms in total. The van der Waals surface area contributed by atoms with Gasteiger partial charge in [-0.2, -0.15) is 0 Å². The van der Waals surface area contributed by atoms with E-state index in [1.54, 1.807) is 0 Å². The quantitative estimate of drug-likeness (QED) is 0.704. The summed E-state index contributed by atoms with van der Waals surface area (Å²) in [6.07, 6.45) is 3.84. The first-order valence-corrected chi connectivity index (χ1v) is 8.06. The molecule has 1 aromatic carbocycles. The van der Waals surface area contributed by atoms with E-state index in [1.807, 2.05) is 0 Å². The molecule has 0 bridgehead atoms. The Kier molecular flexibility index (Phi) is 7.47. The maximum atomic E-state index is 3.57. The summed E-state index contributed by atoms with van der Waals surface area (Å²) in [6, 6.07) is 7.08. The Morgan fingerprint density at radius 2 is 2.00 bits per heavy atom. The standard InChI is InChI=1S/C16H27BrN2/c1-5-6-7-10-19(4)16-9-8-15(17)11-14(16)12-18-13(2)3/h8-9,11,13,18H,5-7,10,12H2,1-4H3. The van der Waals surface area contributed by atoms with E-state index in [4.69, 9.17) is 0 Å². The molecule has 0 aliphatic carbocycles. The highest BCUT2D eigenvalue weighted by atomic mass is 79.9. The minimum Gasteiger partial charge on any atom is -0.374 e. The van der Waals surface area contributed by atoms with E-state index in [2.05, 4.69) is 72.2 Å². The van der Waals surface area contributed by atoms with E-state index < -0.39 is 0 Å². The topological polar surface area (TPSA) is 15.3 Å². The minimum atomic E-state index is 0.511. The minimum absolute atomic E-state index is 0.511. The highest BCUT2D eigenvalue weighted by Gasteiger charge is 2.08. The molecule has 0 aromatic heterocycles. The average molecular weight is 327 g/mol. The molecular formula is C16H27BrN2. The summed E-state index contributed by atoms with van der Waals surface area (Å²) in [5, 5.41) is 3.50. The Bertz CT molecular complexity index is 377. The van der Waals surface area contributed by atoms with Crippen LogP contribution in [0.5, 0.6) is 0 Å². The van der Waals surface area contributed by atoms with E-state index in [-0.39, 0.29) is 0 Å². The summed E-state index contributed by atoms with van der Waals surface area (Å²) in [4.78, 5) is 2.37. The van der Waals surface area contributed by atoms with Crippen molar-refractivity contribution in [2.24, 2.45) is 0 Å². The van der Waals surface area contributed by atoms with Crippen LogP contribution in [0, 0.1) is 0 Å². The number of anilines is 1. The summed E-state index contributed by atoms with van der Waals surface area (Å²) < 4.78 is 1.15. The predicted molar refractivity (Wildman–Crippen MR) is 88.9 cm³/mol. The molecule has 0 aliphatic rings. The van der Waals surface area contributed by atoms with Gasteiger partial charge in [0.25, 0.3) is 0 Å². The molecular weight excluding hydrogens is 300 g/mol. The lowest BCUT2D eigenvalue weighted by Gasteiger charge is -2.23. The molecule has 1 rings (SSSR count). The number of rotatable bonds is 8. The molecule has 0 fully saturated rings. The third-order valence-corrected chi connectivity index (χ3v) is 3.74. The van der Waals surface area contributed by atoms with Crippen LogP contribution in [0.1, 0.15) is 45.6 Å². The molecule has 0 saturated heterocycles. The number of hydrogen-bond acceptors (Lipinski definition) is 2. The Balaban J connectivity index is 2.74. The van der Waals surface area contributed by atoms with Crippen LogP contribution in [0.4, 0.5) is 5.69 Å². The third kappa shape index (κ3) is 5.96. The first-order valence-electron chi connectivity index (χ1n) is 7.27. The molecule has 0 atom stereocenters. The second-order valence-electron chi connectivity index (χ2n) is 5.44. The molecule has 108 valence electrons. The second-order valence-corrected chi connectivity index (χ2v) is 6.35. The van der Waals surface area contributed by atoms with E-state index in [0.717, 1.165) is 17.6 Å². The molecule has 0 unspecified atom stereocenters. The van der Waals surface area contributed by atoms with Crippen LogP contribution >= 0.6 is 15.9 Å². The van der Waals surface area contributed by atoms with Crippen molar-refractivity contribution in [2.75, 3.05) is 18.5 Å². The zero-order valence-electron chi connectivity index (χ0n) is 12.7. The highest BCUT2D eigenvalue weighted by Crippen LogP contribution is 2.24. The average Bonchev–Trinajstić information content (AvgIpc) is 2.36. The molecule has 0 aliphatic heterocycles. The predicted octanol–water partition coefficient (Wildman–Crippen LogP) is 4.57. The fraction of sp³-hybridized carbons (Fsp3) is 0.625. The third-order valence-electron chi connectivity index (χ3n) is 3.25. The number of unbranched alkanes of at least 4 members (excludes halogenated alkanes) is 2. The van der Waals surface area contributed by atoms with Crippen molar-refractivity contribution >= 4 is 21.6 Å². The lowest BCUT2D eigenvalue weighted by Crippen LogP contribution is -2.25. The van der Waals surface area contributed by atoms with Crippen LogP contribution in [0.15, 0.2) is 22.7 Å². The smallest absolute Gasteiger partial charge is 0.0410 e. The fourth-order valence-electron chi connectivity index (χ4n) is 2.10. The summed E-state index contributed by atoms with van der Waals surface area (Å²) in [5.74, 6) is 0. The summed E-state index contributed by atoms with van der Waals surface area (Å²) in [7, 11) is 2.19. The number of hydrogen-bond donors (Lipinski definition) is 1. The monoisotopic (exact) mass is 326 g/mol. The van der Waals surface area contributed by atoms with Gasteiger partial charge in [-0.25, -0.2) is 0 Å². The van der Waals surface area contributed by atoms with Crippen LogP contribution in [-0.4, -0.2) is 19.6 Å². The normalized spacial score (nSPS) is 11.1. The molecule has 19 heavy (non-hydrogen) atoms.